The van der Waals surface area contributed by atoms with Gasteiger partial charge in [-0.1, -0.05) is 6.07 Å². The van der Waals surface area contributed by atoms with Gasteiger partial charge >= 0.3 is 12.1 Å². The van der Waals surface area contributed by atoms with E-state index < -0.39 is 12.1 Å². The summed E-state index contributed by atoms with van der Waals surface area (Å²) in [5.41, 5.74) is 3.89. The highest BCUT2D eigenvalue weighted by Gasteiger charge is 2.38. The van der Waals surface area contributed by atoms with E-state index in [1.165, 1.54) is 5.56 Å². The zero-order valence-corrected chi connectivity index (χ0v) is 16.6. The van der Waals surface area contributed by atoms with E-state index in [9.17, 15) is 18.0 Å². The molecule has 12 heteroatoms. The SMILES string of the molecule is O=C(O)C(F)(F)F.O=C(c1n[nH]c2c1CN(Cc1cccnc1)CC2)N1CCOCC1. The van der Waals surface area contributed by atoms with E-state index in [0.29, 0.717) is 32.0 Å². The molecule has 4 rings (SSSR count). The van der Waals surface area contributed by atoms with Gasteiger partial charge in [-0.25, -0.2) is 4.79 Å². The Bertz CT molecular complexity index is 898. The number of carbonyl (C=O) groups excluding carboxylic acids is 1. The van der Waals surface area contributed by atoms with E-state index in [1.807, 2.05) is 17.2 Å². The van der Waals surface area contributed by atoms with Gasteiger partial charge in [-0.15, -0.1) is 0 Å². The summed E-state index contributed by atoms with van der Waals surface area (Å²) in [5, 5.41) is 14.5. The summed E-state index contributed by atoms with van der Waals surface area (Å²) in [4.78, 5) is 30.0. The first-order chi connectivity index (χ1) is 14.8. The molecule has 0 aromatic carbocycles. The normalized spacial score (nSPS) is 16.8. The van der Waals surface area contributed by atoms with Crippen LogP contribution in [0.15, 0.2) is 24.5 Å². The fraction of sp³-hybridized carbons (Fsp3) is 0.474. The second-order valence-electron chi connectivity index (χ2n) is 7.06. The van der Waals surface area contributed by atoms with Crippen LogP contribution in [0, 0.1) is 0 Å². The van der Waals surface area contributed by atoms with E-state index in [4.69, 9.17) is 14.6 Å². The minimum absolute atomic E-state index is 0.0130. The predicted octanol–water partition coefficient (Wildman–Crippen LogP) is 1.47. The molecular formula is C19H22F3N5O4. The van der Waals surface area contributed by atoms with Crippen molar-refractivity contribution in [2.45, 2.75) is 25.7 Å². The molecule has 2 N–H and O–H groups in total. The number of aromatic nitrogens is 3. The lowest BCUT2D eigenvalue weighted by atomic mass is 10.0. The van der Waals surface area contributed by atoms with Crippen LogP contribution in [0.2, 0.25) is 0 Å². The fourth-order valence-electron chi connectivity index (χ4n) is 3.33. The number of halogens is 3. The third-order valence-electron chi connectivity index (χ3n) is 4.88. The third-order valence-corrected chi connectivity index (χ3v) is 4.88. The van der Waals surface area contributed by atoms with Crippen LogP contribution in [0.25, 0.3) is 0 Å². The Morgan fingerprint density at radius 1 is 1.23 bits per heavy atom. The van der Waals surface area contributed by atoms with Crippen LogP contribution in [-0.2, 0) is 29.0 Å². The number of aromatic amines is 1. The molecule has 0 bridgehead atoms. The Balaban J connectivity index is 0.000000339. The van der Waals surface area contributed by atoms with Crippen molar-refractivity contribution in [1.29, 1.82) is 0 Å². The molecule has 0 atom stereocenters. The first kappa shape index (κ1) is 22.7. The van der Waals surface area contributed by atoms with Gasteiger partial charge in [0.2, 0.25) is 0 Å². The number of pyridine rings is 1. The van der Waals surface area contributed by atoms with Crippen LogP contribution in [0.5, 0.6) is 0 Å². The van der Waals surface area contributed by atoms with Crippen molar-refractivity contribution in [2.75, 3.05) is 32.8 Å². The van der Waals surface area contributed by atoms with Crippen LogP contribution in [-0.4, -0.2) is 81.0 Å². The Labute approximate surface area is 175 Å². The molecule has 1 fully saturated rings. The van der Waals surface area contributed by atoms with Gasteiger partial charge in [0.15, 0.2) is 5.69 Å². The Hall–Kier alpha value is -2.99. The summed E-state index contributed by atoms with van der Waals surface area (Å²) in [7, 11) is 0. The number of aliphatic carboxylic acids is 1. The second kappa shape index (κ2) is 9.88. The van der Waals surface area contributed by atoms with Crippen LogP contribution in [0.4, 0.5) is 13.2 Å². The molecule has 0 radical (unpaired) electrons. The van der Waals surface area contributed by atoms with Crippen molar-refractivity contribution in [1.82, 2.24) is 25.0 Å². The summed E-state index contributed by atoms with van der Waals surface area (Å²) in [6.45, 7) is 5.02. The number of ether oxygens (including phenoxy) is 1. The summed E-state index contributed by atoms with van der Waals surface area (Å²) < 4.78 is 37.1. The number of carbonyl (C=O) groups is 2. The molecule has 0 saturated carbocycles. The standard InChI is InChI=1S/C17H21N5O2.C2HF3O2/c23-17(22-6-8-24-9-7-22)16-14-12-21(5-3-15(14)19-20-16)11-13-2-1-4-18-10-13;3-2(4,5)1(6)7/h1-2,4,10H,3,5-9,11-12H2,(H,19,20);(H,6,7). The zero-order chi connectivity index (χ0) is 22.4. The molecule has 0 spiro atoms. The van der Waals surface area contributed by atoms with Gasteiger partial charge in [-0.3, -0.25) is 19.8 Å². The van der Waals surface area contributed by atoms with Gasteiger partial charge in [-0.2, -0.15) is 18.3 Å². The summed E-state index contributed by atoms with van der Waals surface area (Å²) >= 11 is 0. The number of hydrogen-bond donors (Lipinski definition) is 2. The van der Waals surface area contributed by atoms with Crippen molar-refractivity contribution in [3.63, 3.8) is 0 Å². The fourth-order valence-corrected chi connectivity index (χ4v) is 3.33. The monoisotopic (exact) mass is 441 g/mol. The number of rotatable bonds is 3. The lowest BCUT2D eigenvalue weighted by Gasteiger charge is -2.29. The largest absolute Gasteiger partial charge is 0.490 e. The highest BCUT2D eigenvalue weighted by Crippen LogP contribution is 2.23. The molecule has 2 aliphatic rings. The molecular weight excluding hydrogens is 419 g/mol. The molecule has 9 nitrogen and oxygen atoms in total. The van der Waals surface area contributed by atoms with Gasteiger partial charge in [0, 0.05) is 62.8 Å². The topological polar surface area (TPSA) is 112 Å². The number of nitrogens with one attached hydrogen (secondary N) is 1. The van der Waals surface area contributed by atoms with E-state index in [1.54, 1.807) is 6.20 Å². The first-order valence-corrected chi connectivity index (χ1v) is 9.60. The number of amides is 1. The van der Waals surface area contributed by atoms with Crippen LogP contribution in [0.1, 0.15) is 27.3 Å². The van der Waals surface area contributed by atoms with Crippen LogP contribution in [0.3, 0.4) is 0 Å². The van der Waals surface area contributed by atoms with Crippen molar-refractivity contribution in [3.05, 3.63) is 47.0 Å². The average Bonchev–Trinajstić information content (AvgIpc) is 3.17. The summed E-state index contributed by atoms with van der Waals surface area (Å²) in [5.74, 6) is -2.74. The number of alkyl halides is 3. The number of fused-ring (bicyclic) bond motifs is 1. The van der Waals surface area contributed by atoms with Gasteiger partial charge < -0.3 is 14.7 Å². The Morgan fingerprint density at radius 3 is 2.55 bits per heavy atom. The maximum absolute atomic E-state index is 12.8. The lowest BCUT2D eigenvalue weighted by Crippen LogP contribution is -2.41. The lowest BCUT2D eigenvalue weighted by molar-refractivity contribution is -0.192. The van der Waals surface area contributed by atoms with Gasteiger partial charge in [0.25, 0.3) is 5.91 Å². The van der Waals surface area contributed by atoms with Gasteiger partial charge in [-0.05, 0) is 11.6 Å². The van der Waals surface area contributed by atoms with Crippen molar-refractivity contribution < 1.29 is 32.6 Å². The molecule has 4 heterocycles. The van der Waals surface area contributed by atoms with Crippen LogP contribution >= 0.6 is 0 Å². The summed E-state index contributed by atoms with van der Waals surface area (Å²) in [6, 6.07) is 4.04. The third kappa shape index (κ3) is 6.01. The average molecular weight is 441 g/mol. The molecule has 1 amide bonds. The Kier molecular flexibility index (Phi) is 7.23. The number of hydrogen-bond acceptors (Lipinski definition) is 6. The minimum atomic E-state index is -5.08. The first-order valence-electron chi connectivity index (χ1n) is 9.60. The second-order valence-corrected chi connectivity index (χ2v) is 7.06. The van der Waals surface area contributed by atoms with E-state index >= 15 is 0 Å². The Morgan fingerprint density at radius 2 is 1.94 bits per heavy atom. The van der Waals surface area contributed by atoms with Gasteiger partial charge in [0.05, 0.1) is 13.2 Å². The van der Waals surface area contributed by atoms with Crippen molar-refractivity contribution in [3.8, 4) is 0 Å². The minimum Gasteiger partial charge on any atom is -0.475 e. The molecule has 0 aliphatic carbocycles. The molecule has 1 saturated heterocycles. The highest BCUT2D eigenvalue weighted by molar-refractivity contribution is 5.94. The maximum atomic E-state index is 12.8. The number of carboxylic acids is 1. The van der Waals surface area contributed by atoms with Crippen LogP contribution < -0.4 is 0 Å². The zero-order valence-electron chi connectivity index (χ0n) is 16.6. The highest BCUT2D eigenvalue weighted by atomic mass is 19.4. The molecule has 2 aromatic rings. The molecule has 168 valence electrons. The molecule has 2 aromatic heterocycles. The number of carboxylic acid groups (broad SMARTS) is 1. The predicted molar refractivity (Wildman–Crippen MR) is 101 cm³/mol. The smallest absolute Gasteiger partial charge is 0.475 e. The molecule has 31 heavy (non-hydrogen) atoms. The number of morpholine rings is 1. The van der Waals surface area contributed by atoms with E-state index in [-0.39, 0.29) is 5.91 Å². The molecule has 2 aliphatic heterocycles. The van der Waals surface area contributed by atoms with E-state index in [2.05, 4.69) is 26.1 Å². The number of nitrogens with zero attached hydrogens (tertiary/aromatic N) is 4. The van der Waals surface area contributed by atoms with Crippen molar-refractivity contribution >= 4 is 11.9 Å². The van der Waals surface area contributed by atoms with Crippen molar-refractivity contribution in [2.24, 2.45) is 0 Å². The molecule has 0 unspecified atom stereocenters. The summed E-state index contributed by atoms with van der Waals surface area (Å²) in [6.07, 6.45) is -0.517. The number of H-pyrrole nitrogens is 1. The van der Waals surface area contributed by atoms with Gasteiger partial charge in [0.1, 0.15) is 0 Å². The quantitative estimate of drug-likeness (QED) is 0.742. The van der Waals surface area contributed by atoms with E-state index in [0.717, 1.165) is 37.3 Å². The maximum Gasteiger partial charge on any atom is 0.490 e.